The monoisotopic (exact) mass is 449 g/mol. The summed E-state index contributed by atoms with van der Waals surface area (Å²) in [5.41, 5.74) is 4.40. The number of alkyl halides is 3. The van der Waals surface area contributed by atoms with Gasteiger partial charge in [0.25, 0.3) is 5.56 Å². The molecule has 1 aromatic heterocycles. The number of primary amides is 1. The lowest BCUT2D eigenvalue weighted by molar-refractivity contribution is -0.140. The van der Waals surface area contributed by atoms with Crippen LogP contribution in [0.1, 0.15) is 29.7 Å². The van der Waals surface area contributed by atoms with E-state index in [1.165, 1.54) is 17.7 Å². The van der Waals surface area contributed by atoms with E-state index in [0.29, 0.717) is 28.8 Å². The number of amides is 2. The molecule has 3 rings (SSSR count). The second-order valence-electron chi connectivity index (χ2n) is 7.36. The van der Waals surface area contributed by atoms with E-state index >= 15 is 0 Å². The number of pyridine rings is 1. The molecule has 10 heteroatoms. The molecule has 0 fully saturated rings. The van der Waals surface area contributed by atoms with E-state index in [2.05, 4.69) is 5.32 Å². The number of rotatable bonds is 5. The van der Waals surface area contributed by atoms with Gasteiger partial charge in [0, 0.05) is 17.0 Å². The van der Waals surface area contributed by atoms with E-state index in [1.807, 2.05) is 0 Å². The summed E-state index contributed by atoms with van der Waals surface area (Å²) in [4.78, 5) is 36.7. The van der Waals surface area contributed by atoms with Crippen LogP contribution < -0.4 is 16.6 Å². The lowest BCUT2D eigenvalue weighted by Crippen LogP contribution is -2.31. The molecule has 0 aliphatic rings. The van der Waals surface area contributed by atoms with Crippen molar-refractivity contribution in [3.63, 3.8) is 0 Å². The van der Waals surface area contributed by atoms with Crippen LogP contribution in [0, 0.1) is 12.7 Å². The first-order chi connectivity index (χ1) is 14.9. The molecular formula is C22H19F4N3O3. The second-order valence-corrected chi connectivity index (χ2v) is 7.36. The molecule has 3 N–H and O–H groups in total. The third kappa shape index (κ3) is 4.48. The van der Waals surface area contributed by atoms with Crippen molar-refractivity contribution in [2.75, 3.05) is 5.32 Å². The van der Waals surface area contributed by atoms with Crippen molar-refractivity contribution in [3.05, 3.63) is 75.5 Å². The van der Waals surface area contributed by atoms with Crippen molar-refractivity contribution in [1.29, 1.82) is 0 Å². The Morgan fingerprint density at radius 3 is 2.41 bits per heavy atom. The van der Waals surface area contributed by atoms with Gasteiger partial charge < -0.3 is 15.6 Å². The highest BCUT2D eigenvalue weighted by molar-refractivity contribution is 6.03. The molecule has 1 heterocycles. The predicted octanol–water partition coefficient (Wildman–Crippen LogP) is 3.70. The number of nitrogens with zero attached hydrogens (tertiary/aromatic N) is 1. The van der Waals surface area contributed by atoms with Gasteiger partial charge in [0.1, 0.15) is 11.9 Å². The Morgan fingerprint density at radius 1 is 1.12 bits per heavy atom. The third-order valence-electron chi connectivity index (χ3n) is 5.12. The fourth-order valence-corrected chi connectivity index (χ4v) is 3.33. The Labute approximate surface area is 179 Å². The van der Waals surface area contributed by atoms with Gasteiger partial charge in [-0.25, -0.2) is 4.39 Å². The van der Waals surface area contributed by atoms with E-state index in [9.17, 15) is 31.9 Å². The van der Waals surface area contributed by atoms with Crippen molar-refractivity contribution in [1.82, 2.24) is 4.57 Å². The molecule has 2 aromatic carbocycles. The Balaban J connectivity index is 1.92. The van der Waals surface area contributed by atoms with Crippen LogP contribution in [0.4, 0.5) is 23.2 Å². The zero-order valence-electron chi connectivity index (χ0n) is 17.1. The van der Waals surface area contributed by atoms with Gasteiger partial charge in [0.15, 0.2) is 0 Å². The number of carbonyl (C=O) groups is 2. The molecule has 0 bridgehead atoms. The number of fused-ring (bicyclic) bond motifs is 1. The van der Waals surface area contributed by atoms with Gasteiger partial charge in [-0.3, -0.25) is 14.4 Å². The summed E-state index contributed by atoms with van der Waals surface area (Å²) in [7, 11) is 0. The average Bonchev–Trinajstić information content (AvgIpc) is 2.69. The van der Waals surface area contributed by atoms with Gasteiger partial charge in [-0.2, -0.15) is 13.2 Å². The SMILES string of the molecule is Cc1ccc2c(=O)n([C@H](C)C(N)=O)ccc2c1NC(=O)Cc1ccc(C(F)(F)F)c(F)c1. The summed E-state index contributed by atoms with van der Waals surface area (Å²) in [5.74, 6) is -2.75. The molecule has 32 heavy (non-hydrogen) atoms. The quantitative estimate of drug-likeness (QED) is 0.582. The fraction of sp³-hybridized carbons (Fsp3) is 0.227. The second kappa shape index (κ2) is 8.45. The smallest absolute Gasteiger partial charge is 0.368 e. The molecule has 0 saturated carbocycles. The molecule has 2 amide bonds. The lowest BCUT2D eigenvalue weighted by atomic mass is 10.0. The summed E-state index contributed by atoms with van der Waals surface area (Å²) in [6.07, 6.45) is -3.81. The van der Waals surface area contributed by atoms with Crippen molar-refractivity contribution >= 4 is 28.3 Å². The van der Waals surface area contributed by atoms with Crippen LogP contribution in [0.2, 0.25) is 0 Å². The highest BCUT2D eigenvalue weighted by Gasteiger charge is 2.34. The van der Waals surface area contributed by atoms with Gasteiger partial charge in [0.2, 0.25) is 11.8 Å². The summed E-state index contributed by atoms with van der Waals surface area (Å²) >= 11 is 0. The lowest BCUT2D eigenvalue weighted by Gasteiger charge is -2.16. The van der Waals surface area contributed by atoms with E-state index in [1.54, 1.807) is 25.1 Å². The number of halogens is 4. The highest BCUT2D eigenvalue weighted by atomic mass is 19.4. The third-order valence-corrected chi connectivity index (χ3v) is 5.12. The largest absolute Gasteiger partial charge is 0.419 e. The van der Waals surface area contributed by atoms with E-state index in [0.717, 1.165) is 6.07 Å². The standard InChI is InChI=1S/C22H19F4N3O3/c1-11-3-5-15-14(7-8-29(21(15)32)12(2)20(27)31)19(11)28-18(30)10-13-4-6-16(17(23)9-13)22(24,25)26/h3-9,12H,10H2,1-2H3,(H2,27,31)(H,28,30)/t12-/m1/s1. The number of anilines is 1. The van der Waals surface area contributed by atoms with Crippen LogP contribution in [0.3, 0.4) is 0 Å². The van der Waals surface area contributed by atoms with Crippen LogP contribution in [0.15, 0.2) is 47.4 Å². The Kier molecular flexibility index (Phi) is 6.07. The predicted molar refractivity (Wildman–Crippen MR) is 111 cm³/mol. The van der Waals surface area contributed by atoms with Gasteiger partial charge in [-0.05, 0) is 49.2 Å². The molecule has 1 atom stereocenters. The van der Waals surface area contributed by atoms with Gasteiger partial charge in [-0.15, -0.1) is 0 Å². The summed E-state index contributed by atoms with van der Waals surface area (Å²) < 4.78 is 53.1. The normalized spacial score (nSPS) is 12.6. The number of nitrogens with two attached hydrogens (primary N) is 1. The topological polar surface area (TPSA) is 94.2 Å². The summed E-state index contributed by atoms with van der Waals surface area (Å²) in [6.45, 7) is 3.18. The van der Waals surface area contributed by atoms with Crippen LogP contribution in [-0.4, -0.2) is 16.4 Å². The van der Waals surface area contributed by atoms with Crippen LogP contribution in [0.25, 0.3) is 10.8 Å². The number of benzene rings is 2. The molecule has 3 aromatic rings. The molecule has 0 saturated heterocycles. The first kappa shape index (κ1) is 23.0. The molecule has 0 aliphatic carbocycles. The number of aromatic nitrogens is 1. The first-order valence-electron chi connectivity index (χ1n) is 9.49. The minimum absolute atomic E-state index is 0.0588. The van der Waals surface area contributed by atoms with E-state index < -0.39 is 41.0 Å². The minimum Gasteiger partial charge on any atom is -0.368 e. The van der Waals surface area contributed by atoms with Crippen molar-refractivity contribution in [3.8, 4) is 0 Å². The van der Waals surface area contributed by atoms with Crippen LogP contribution in [0.5, 0.6) is 0 Å². The van der Waals surface area contributed by atoms with E-state index in [-0.39, 0.29) is 17.4 Å². The maximum Gasteiger partial charge on any atom is 0.419 e. The highest BCUT2D eigenvalue weighted by Crippen LogP contribution is 2.32. The Hall–Kier alpha value is -3.69. The summed E-state index contributed by atoms with van der Waals surface area (Å²) in [5, 5.41) is 3.29. The number of hydrogen-bond donors (Lipinski definition) is 2. The van der Waals surface area contributed by atoms with E-state index in [4.69, 9.17) is 5.73 Å². The fourth-order valence-electron chi connectivity index (χ4n) is 3.33. The van der Waals surface area contributed by atoms with Crippen molar-refractivity contribution in [2.45, 2.75) is 32.5 Å². The molecular weight excluding hydrogens is 430 g/mol. The minimum atomic E-state index is -4.83. The zero-order chi connectivity index (χ0) is 23.8. The van der Waals surface area contributed by atoms with Gasteiger partial charge >= 0.3 is 6.18 Å². The van der Waals surface area contributed by atoms with Crippen molar-refractivity contribution in [2.24, 2.45) is 5.73 Å². The number of carbonyl (C=O) groups excluding carboxylic acids is 2. The number of aryl methyl sites for hydroxylation is 1. The first-order valence-corrected chi connectivity index (χ1v) is 9.49. The Bertz CT molecular complexity index is 1280. The molecule has 0 unspecified atom stereocenters. The molecule has 6 nitrogen and oxygen atoms in total. The Morgan fingerprint density at radius 2 is 1.81 bits per heavy atom. The molecule has 168 valence electrons. The molecule has 0 aliphatic heterocycles. The van der Waals surface area contributed by atoms with Crippen molar-refractivity contribution < 1.29 is 27.2 Å². The maximum atomic E-state index is 13.8. The van der Waals surface area contributed by atoms with Crippen LogP contribution >= 0.6 is 0 Å². The maximum absolute atomic E-state index is 13.8. The summed E-state index contributed by atoms with van der Waals surface area (Å²) in [6, 6.07) is 6.13. The van der Waals surface area contributed by atoms with Gasteiger partial charge in [0.05, 0.1) is 17.7 Å². The number of nitrogens with one attached hydrogen (secondary N) is 1. The average molecular weight is 449 g/mol. The van der Waals surface area contributed by atoms with Crippen LogP contribution in [-0.2, 0) is 22.2 Å². The van der Waals surface area contributed by atoms with Gasteiger partial charge in [-0.1, -0.05) is 12.1 Å². The molecule has 0 radical (unpaired) electrons. The number of hydrogen-bond acceptors (Lipinski definition) is 3. The molecule has 0 spiro atoms. The zero-order valence-corrected chi connectivity index (χ0v) is 17.1.